The number of rotatable bonds is 4. The summed E-state index contributed by atoms with van der Waals surface area (Å²) in [5.74, 6) is -0.888. The van der Waals surface area contributed by atoms with Gasteiger partial charge in [-0.25, -0.2) is 0 Å². The number of amides is 1. The zero-order valence-electron chi connectivity index (χ0n) is 10.2. The Hall–Kier alpha value is -1.85. The molecule has 1 saturated carbocycles. The molecule has 98 valence electrons. The van der Waals surface area contributed by atoms with Crippen molar-refractivity contribution in [3.63, 3.8) is 0 Å². The molecule has 0 bridgehead atoms. The Balaban J connectivity index is 1.80. The Kier molecular flexibility index (Phi) is 3.64. The van der Waals surface area contributed by atoms with Gasteiger partial charge in [-0.1, -0.05) is 5.16 Å². The minimum atomic E-state index is -0.809. The van der Waals surface area contributed by atoms with Crippen LogP contribution in [0.4, 0.5) is 0 Å². The summed E-state index contributed by atoms with van der Waals surface area (Å²) in [6, 6.07) is 1.76. The zero-order valence-corrected chi connectivity index (χ0v) is 10.2. The van der Waals surface area contributed by atoms with Gasteiger partial charge < -0.3 is 14.9 Å². The minimum absolute atomic E-state index is 0.104. The largest absolute Gasteiger partial charge is 0.481 e. The molecule has 1 aromatic rings. The van der Waals surface area contributed by atoms with Crippen LogP contribution in [-0.4, -0.2) is 22.1 Å². The van der Waals surface area contributed by atoms with Crippen molar-refractivity contribution < 1.29 is 19.2 Å². The van der Waals surface area contributed by atoms with Crippen LogP contribution < -0.4 is 5.32 Å². The number of carbonyl (C=O) groups is 2. The maximum atomic E-state index is 11.8. The molecule has 1 aliphatic carbocycles. The number of aryl methyl sites for hydroxylation is 1. The van der Waals surface area contributed by atoms with E-state index in [-0.39, 0.29) is 17.7 Å². The van der Waals surface area contributed by atoms with E-state index in [1.54, 1.807) is 6.07 Å². The topological polar surface area (TPSA) is 92.4 Å². The summed E-state index contributed by atoms with van der Waals surface area (Å²) in [4.78, 5) is 22.6. The van der Waals surface area contributed by atoms with Crippen molar-refractivity contribution in [2.45, 2.75) is 32.7 Å². The second-order valence-electron chi connectivity index (χ2n) is 4.70. The second-order valence-corrected chi connectivity index (χ2v) is 4.70. The molecular formula is C12H16N2O4. The predicted octanol–water partition coefficient (Wildman–Crippen LogP) is 1.10. The van der Waals surface area contributed by atoms with Crippen molar-refractivity contribution in [1.82, 2.24) is 10.5 Å². The fourth-order valence-electron chi connectivity index (χ4n) is 2.26. The highest BCUT2D eigenvalue weighted by molar-refractivity contribution is 5.80. The molecule has 2 atom stereocenters. The van der Waals surface area contributed by atoms with E-state index < -0.39 is 5.97 Å². The van der Waals surface area contributed by atoms with Crippen LogP contribution >= 0.6 is 0 Å². The van der Waals surface area contributed by atoms with Crippen LogP contribution in [0.2, 0.25) is 0 Å². The third-order valence-electron chi connectivity index (χ3n) is 3.27. The molecule has 6 nitrogen and oxygen atoms in total. The summed E-state index contributed by atoms with van der Waals surface area (Å²) in [5, 5.41) is 15.3. The van der Waals surface area contributed by atoms with Crippen molar-refractivity contribution in [2.24, 2.45) is 11.8 Å². The molecule has 1 amide bonds. The third-order valence-corrected chi connectivity index (χ3v) is 3.27. The predicted molar refractivity (Wildman–Crippen MR) is 61.6 cm³/mol. The summed E-state index contributed by atoms with van der Waals surface area (Å²) < 4.78 is 4.98. The molecule has 2 unspecified atom stereocenters. The molecule has 0 aliphatic heterocycles. The average molecular weight is 252 g/mol. The lowest BCUT2D eigenvalue weighted by Gasteiger charge is -2.09. The number of carboxylic acids is 1. The second kappa shape index (κ2) is 5.20. The quantitative estimate of drug-likeness (QED) is 0.837. The lowest BCUT2D eigenvalue weighted by atomic mass is 10.0. The summed E-state index contributed by atoms with van der Waals surface area (Å²) >= 11 is 0. The number of hydrogen-bond donors (Lipinski definition) is 2. The number of carbonyl (C=O) groups excluding carboxylic acids is 1. The molecular weight excluding hydrogens is 236 g/mol. The molecule has 18 heavy (non-hydrogen) atoms. The number of hydrogen-bond acceptors (Lipinski definition) is 4. The Morgan fingerprint density at radius 1 is 1.50 bits per heavy atom. The van der Waals surface area contributed by atoms with E-state index in [2.05, 4.69) is 10.5 Å². The van der Waals surface area contributed by atoms with Crippen molar-refractivity contribution in [3.8, 4) is 0 Å². The fourth-order valence-corrected chi connectivity index (χ4v) is 2.26. The minimum Gasteiger partial charge on any atom is -0.481 e. The first-order valence-corrected chi connectivity index (χ1v) is 5.99. The molecule has 2 N–H and O–H groups in total. The van der Waals surface area contributed by atoms with Gasteiger partial charge in [-0.15, -0.1) is 0 Å². The van der Waals surface area contributed by atoms with Crippen molar-refractivity contribution >= 4 is 11.9 Å². The van der Waals surface area contributed by atoms with Gasteiger partial charge in [-0.2, -0.15) is 0 Å². The van der Waals surface area contributed by atoms with Crippen LogP contribution in [0.1, 0.15) is 30.7 Å². The van der Waals surface area contributed by atoms with Crippen LogP contribution in [0.25, 0.3) is 0 Å². The van der Waals surface area contributed by atoms with Crippen molar-refractivity contribution in [1.29, 1.82) is 0 Å². The molecule has 2 rings (SSSR count). The molecule has 1 aliphatic rings. The highest BCUT2D eigenvalue weighted by Gasteiger charge is 2.33. The number of aliphatic carboxylic acids is 1. The van der Waals surface area contributed by atoms with E-state index in [0.29, 0.717) is 31.6 Å². The molecule has 1 heterocycles. The van der Waals surface area contributed by atoms with E-state index in [0.717, 1.165) is 5.69 Å². The van der Waals surface area contributed by atoms with Gasteiger partial charge in [-0.05, 0) is 26.2 Å². The van der Waals surface area contributed by atoms with Gasteiger partial charge in [0.15, 0.2) is 5.76 Å². The number of nitrogens with zero attached hydrogens (tertiary/aromatic N) is 1. The van der Waals surface area contributed by atoms with E-state index in [1.807, 2.05) is 6.92 Å². The molecule has 0 radical (unpaired) electrons. The maximum Gasteiger partial charge on any atom is 0.306 e. The Labute approximate surface area is 104 Å². The van der Waals surface area contributed by atoms with Crippen LogP contribution in [0, 0.1) is 18.8 Å². The van der Waals surface area contributed by atoms with E-state index in [1.165, 1.54) is 0 Å². The maximum absolute atomic E-state index is 11.8. The van der Waals surface area contributed by atoms with Crippen molar-refractivity contribution in [2.75, 3.05) is 0 Å². The summed E-state index contributed by atoms with van der Waals surface area (Å²) in [6.45, 7) is 2.11. The monoisotopic (exact) mass is 252 g/mol. The number of aromatic nitrogens is 1. The smallest absolute Gasteiger partial charge is 0.306 e. The Bertz CT molecular complexity index is 455. The molecule has 0 saturated heterocycles. The van der Waals surface area contributed by atoms with E-state index >= 15 is 0 Å². The lowest BCUT2D eigenvalue weighted by molar-refractivity contribution is -0.141. The third kappa shape index (κ3) is 2.88. The van der Waals surface area contributed by atoms with Crippen LogP contribution in [0.15, 0.2) is 10.6 Å². The molecule has 0 spiro atoms. The molecule has 6 heteroatoms. The highest BCUT2D eigenvalue weighted by atomic mass is 16.5. The SMILES string of the molecule is Cc1cc(CNC(=O)C2CCC(C(=O)O)C2)on1. The summed E-state index contributed by atoms with van der Waals surface area (Å²) in [7, 11) is 0. The van der Waals surface area contributed by atoms with Gasteiger partial charge in [0.2, 0.25) is 5.91 Å². The van der Waals surface area contributed by atoms with Crippen LogP contribution in [0.5, 0.6) is 0 Å². The summed E-state index contributed by atoms with van der Waals surface area (Å²) in [5.41, 5.74) is 0.769. The van der Waals surface area contributed by atoms with Crippen molar-refractivity contribution in [3.05, 3.63) is 17.5 Å². The first-order valence-electron chi connectivity index (χ1n) is 5.99. The van der Waals surface area contributed by atoms with E-state index in [4.69, 9.17) is 9.63 Å². The average Bonchev–Trinajstić information content (AvgIpc) is 2.94. The molecule has 1 fully saturated rings. The van der Waals surface area contributed by atoms with Gasteiger partial charge in [-0.3, -0.25) is 9.59 Å². The standard InChI is InChI=1S/C12H16N2O4/c1-7-4-10(18-14-7)6-13-11(15)8-2-3-9(5-8)12(16)17/h4,8-9H,2-3,5-6H2,1H3,(H,13,15)(H,16,17). The van der Waals surface area contributed by atoms with Crippen LogP contribution in [0.3, 0.4) is 0 Å². The Morgan fingerprint density at radius 2 is 2.22 bits per heavy atom. The van der Waals surface area contributed by atoms with Gasteiger partial charge in [0, 0.05) is 12.0 Å². The highest BCUT2D eigenvalue weighted by Crippen LogP contribution is 2.31. The fraction of sp³-hybridized carbons (Fsp3) is 0.583. The van der Waals surface area contributed by atoms with Gasteiger partial charge in [0.25, 0.3) is 0 Å². The van der Waals surface area contributed by atoms with E-state index in [9.17, 15) is 9.59 Å². The normalized spacial score (nSPS) is 22.9. The number of carboxylic acid groups (broad SMARTS) is 1. The Morgan fingerprint density at radius 3 is 2.78 bits per heavy atom. The summed E-state index contributed by atoms with van der Waals surface area (Å²) in [6.07, 6.45) is 1.64. The van der Waals surface area contributed by atoms with Gasteiger partial charge >= 0.3 is 5.97 Å². The van der Waals surface area contributed by atoms with Gasteiger partial charge in [0.05, 0.1) is 18.2 Å². The lowest BCUT2D eigenvalue weighted by Crippen LogP contribution is -2.29. The first-order chi connectivity index (χ1) is 8.56. The molecule has 0 aromatic carbocycles. The first kappa shape index (κ1) is 12.6. The number of nitrogens with one attached hydrogen (secondary N) is 1. The van der Waals surface area contributed by atoms with Crippen LogP contribution in [-0.2, 0) is 16.1 Å². The van der Waals surface area contributed by atoms with Gasteiger partial charge in [0.1, 0.15) is 0 Å². The zero-order chi connectivity index (χ0) is 13.1. The molecule has 1 aromatic heterocycles.